The number of hydrogen-bond donors (Lipinski definition) is 4. The summed E-state index contributed by atoms with van der Waals surface area (Å²) in [6.07, 6.45) is -0.948. The predicted molar refractivity (Wildman–Crippen MR) is 131 cm³/mol. The van der Waals surface area contributed by atoms with Crippen LogP contribution in [-0.4, -0.2) is 37.5 Å². The second-order valence-corrected chi connectivity index (χ2v) is 9.10. The molecule has 0 bridgehead atoms. The minimum absolute atomic E-state index is 0.121. The molecule has 0 fully saturated rings. The summed E-state index contributed by atoms with van der Waals surface area (Å²) in [6.45, 7) is 10.1. The number of benzene rings is 2. The van der Waals surface area contributed by atoms with Gasteiger partial charge >= 0.3 is 6.09 Å². The lowest BCUT2D eigenvalue weighted by molar-refractivity contribution is -0.113. The summed E-state index contributed by atoms with van der Waals surface area (Å²) in [7, 11) is 0. The van der Waals surface area contributed by atoms with E-state index < -0.39 is 29.4 Å². The topological polar surface area (TPSA) is 146 Å². The van der Waals surface area contributed by atoms with Gasteiger partial charge in [0.25, 0.3) is 5.91 Å². The van der Waals surface area contributed by atoms with Crippen molar-refractivity contribution in [2.45, 2.75) is 47.1 Å². The molecule has 10 heteroatoms. The predicted octanol–water partition coefficient (Wildman–Crippen LogP) is 5.96. The molecule has 1 amide bonds. The van der Waals surface area contributed by atoms with Crippen LogP contribution in [0, 0.1) is 13.8 Å². The quantitative estimate of drug-likeness (QED) is 0.206. The number of nitrogens with one attached hydrogen (secondary N) is 1. The lowest BCUT2D eigenvalue weighted by atomic mass is 10.1. The molecule has 2 aromatic carbocycles. The molecular weight excluding hydrogens is 452 g/mol. The molecule has 0 radical (unpaired) electrons. The number of fused-ring (bicyclic) bond motifs is 1. The van der Waals surface area contributed by atoms with Crippen molar-refractivity contribution in [1.82, 2.24) is 4.57 Å². The monoisotopic (exact) mass is 480 g/mol. The lowest BCUT2D eigenvalue weighted by Gasteiger charge is -2.19. The number of aryl methyl sites for hydroxylation is 2. The molecular formula is C25H28N4O6. The van der Waals surface area contributed by atoms with Crippen LogP contribution < -0.4 is 5.32 Å². The van der Waals surface area contributed by atoms with Crippen molar-refractivity contribution in [2.75, 3.05) is 5.32 Å². The molecule has 4 N–H and O–H groups in total. The maximum absolute atomic E-state index is 12.7. The van der Waals surface area contributed by atoms with E-state index in [-0.39, 0.29) is 27.9 Å². The number of azo groups is 1. The maximum atomic E-state index is 12.7. The second kappa shape index (κ2) is 9.49. The highest BCUT2D eigenvalue weighted by molar-refractivity contribution is 6.04. The number of carbonyl (C=O) groups excluding carboxylic acids is 2. The lowest BCUT2D eigenvalue weighted by Crippen LogP contribution is -2.26. The van der Waals surface area contributed by atoms with Crippen molar-refractivity contribution < 1.29 is 29.6 Å². The van der Waals surface area contributed by atoms with Gasteiger partial charge in [0.2, 0.25) is 11.8 Å². The first kappa shape index (κ1) is 25.3. The molecule has 0 saturated carbocycles. The van der Waals surface area contributed by atoms with Crippen LogP contribution in [0.15, 0.2) is 58.1 Å². The van der Waals surface area contributed by atoms with E-state index in [9.17, 15) is 24.9 Å². The van der Waals surface area contributed by atoms with Crippen molar-refractivity contribution in [3.05, 3.63) is 59.0 Å². The average Bonchev–Trinajstić information content (AvgIpc) is 2.98. The number of aromatic nitrogens is 1. The van der Waals surface area contributed by atoms with E-state index in [0.29, 0.717) is 10.3 Å². The van der Waals surface area contributed by atoms with Crippen LogP contribution in [-0.2, 0) is 9.53 Å². The number of hydrogen-bond acceptors (Lipinski definition) is 8. The van der Waals surface area contributed by atoms with Gasteiger partial charge in [-0.25, -0.2) is 4.79 Å². The van der Waals surface area contributed by atoms with Crippen LogP contribution >= 0.6 is 0 Å². The molecule has 10 nitrogen and oxygen atoms in total. The molecule has 0 spiro atoms. The van der Waals surface area contributed by atoms with Crippen molar-refractivity contribution in [3.63, 3.8) is 0 Å². The van der Waals surface area contributed by atoms with Gasteiger partial charge in [-0.1, -0.05) is 17.7 Å². The Bertz CT molecular complexity index is 1370. The van der Waals surface area contributed by atoms with Gasteiger partial charge in [-0.15, -0.1) is 5.11 Å². The van der Waals surface area contributed by atoms with E-state index in [1.165, 1.54) is 25.1 Å². The molecule has 3 rings (SSSR count). The van der Waals surface area contributed by atoms with E-state index in [1.54, 1.807) is 26.8 Å². The van der Waals surface area contributed by atoms with Crippen molar-refractivity contribution in [2.24, 2.45) is 10.2 Å². The van der Waals surface area contributed by atoms with Gasteiger partial charge in [-0.2, -0.15) is 9.68 Å². The fourth-order valence-corrected chi connectivity index (χ4v) is 3.32. The highest BCUT2D eigenvalue weighted by atomic mass is 16.6. The van der Waals surface area contributed by atoms with Crippen LogP contribution in [0.25, 0.3) is 10.8 Å². The van der Waals surface area contributed by atoms with E-state index in [4.69, 9.17) is 4.74 Å². The van der Waals surface area contributed by atoms with Gasteiger partial charge in [0.1, 0.15) is 11.4 Å². The smallest absolute Gasteiger partial charge is 0.424 e. The van der Waals surface area contributed by atoms with Gasteiger partial charge < -0.3 is 25.4 Å². The first-order valence-electron chi connectivity index (χ1n) is 10.8. The van der Waals surface area contributed by atoms with Gasteiger partial charge in [-0.3, -0.25) is 4.79 Å². The molecule has 0 aliphatic heterocycles. The number of aliphatic hydroxyl groups excluding tert-OH is 1. The van der Waals surface area contributed by atoms with Crippen LogP contribution in [0.2, 0.25) is 0 Å². The Kier molecular flexibility index (Phi) is 6.86. The van der Waals surface area contributed by atoms with Gasteiger partial charge in [0, 0.05) is 11.1 Å². The molecule has 1 aromatic heterocycles. The summed E-state index contributed by atoms with van der Waals surface area (Å²) in [5.41, 5.74) is 1.52. The summed E-state index contributed by atoms with van der Waals surface area (Å²) in [4.78, 5) is 25.1. The normalized spacial score (nSPS) is 12.6. The molecule has 0 unspecified atom stereocenters. The molecule has 35 heavy (non-hydrogen) atoms. The zero-order valence-electron chi connectivity index (χ0n) is 20.4. The Hall–Kier alpha value is -4.34. The maximum Gasteiger partial charge on any atom is 0.424 e. The summed E-state index contributed by atoms with van der Waals surface area (Å²) < 4.78 is 5.87. The third kappa shape index (κ3) is 5.60. The second-order valence-electron chi connectivity index (χ2n) is 9.10. The Labute approximate surface area is 202 Å². The third-order valence-electron chi connectivity index (χ3n) is 4.94. The SMILES string of the molecule is C/C(O)=C(/N=Nc1ccc2c(O)n(C(=O)OC(C)(C)C)c(O)c2c1)C(=O)Nc1ccc(C)cc1C. The minimum Gasteiger partial charge on any atom is -0.510 e. The zero-order valence-corrected chi connectivity index (χ0v) is 20.4. The molecule has 3 aromatic rings. The van der Waals surface area contributed by atoms with Crippen LogP contribution in [0.1, 0.15) is 38.8 Å². The van der Waals surface area contributed by atoms with E-state index >= 15 is 0 Å². The van der Waals surface area contributed by atoms with Gasteiger partial charge in [0.05, 0.1) is 11.1 Å². The summed E-state index contributed by atoms with van der Waals surface area (Å²) >= 11 is 0. The standard InChI is InChI=1S/C25H28N4O6/c1-13-7-10-19(14(2)11-13)26-21(31)20(15(3)30)28-27-16-8-9-17-18(12-16)23(33)29(22(17)32)24(34)35-25(4,5)6/h7-12,30,32-33H,1-6H3,(H,26,31)/b20-15-,28-27?. The van der Waals surface area contributed by atoms with Gasteiger partial charge in [-0.05, 0) is 71.4 Å². The average molecular weight is 481 g/mol. The fraction of sp³-hybridized carbons (Fsp3) is 0.280. The van der Waals surface area contributed by atoms with Crippen LogP contribution in [0.4, 0.5) is 16.2 Å². The van der Waals surface area contributed by atoms with E-state index in [2.05, 4.69) is 15.5 Å². The molecule has 0 saturated heterocycles. The molecule has 1 heterocycles. The number of carbonyl (C=O) groups is 2. The minimum atomic E-state index is -0.948. The molecule has 184 valence electrons. The summed E-state index contributed by atoms with van der Waals surface area (Å²) in [6, 6.07) is 9.79. The summed E-state index contributed by atoms with van der Waals surface area (Å²) in [5.74, 6) is -2.02. The number of nitrogens with zero attached hydrogens (tertiary/aromatic N) is 3. The van der Waals surface area contributed by atoms with Crippen molar-refractivity contribution in [3.8, 4) is 11.8 Å². The zero-order chi connectivity index (χ0) is 26.1. The Morgan fingerprint density at radius 1 is 1.00 bits per heavy atom. The number of amides is 1. The van der Waals surface area contributed by atoms with Gasteiger partial charge in [0.15, 0.2) is 5.70 Å². The van der Waals surface area contributed by atoms with E-state index in [0.717, 1.165) is 11.1 Å². The van der Waals surface area contributed by atoms with Crippen molar-refractivity contribution >= 4 is 34.1 Å². The molecule has 0 aliphatic rings. The van der Waals surface area contributed by atoms with Crippen molar-refractivity contribution in [1.29, 1.82) is 0 Å². The first-order chi connectivity index (χ1) is 16.3. The number of ether oxygens (including phenoxy) is 1. The number of aromatic hydroxyl groups is 2. The van der Waals surface area contributed by atoms with Crippen LogP contribution in [0.3, 0.4) is 0 Å². The number of allylic oxidation sites excluding steroid dienone is 1. The third-order valence-corrected chi connectivity index (χ3v) is 4.94. The molecule has 0 atom stereocenters. The number of aliphatic hydroxyl groups is 1. The first-order valence-corrected chi connectivity index (χ1v) is 10.8. The Morgan fingerprint density at radius 2 is 1.66 bits per heavy atom. The summed E-state index contributed by atoms with van der Waals surface area (Å²) in [5, 5.41) is 41.9. The number of rotatable bonds is 4. The van der Waals surface area contributed by atoms with Crippen LogP contribution in [0.5, 0.6) is 11.8 Å². The molecule has 0 aliphatic carbocycles. The Balaban J connectivity index is 1.90. The fourth-order valence-electron chi connectivity index (χ4n) is 3.32. The number of anilines is 1. The highest BCUT2D eigenvalue weighted by Gasteiger charge is 2.26. The Morgan fingerprint density at radius 3 is 2.26 bits per heavy atom. The largest absolute Gasteiger partial charge is 0.510 e. The van der Waals surface area contributed by atoms with E-state index in [1.807, 2.05) is 26.0 Å². The highest BCUT2D eigenvalue weighted by Crippen LogP contribution is 2.38.